The van der Waals surface area contributed by atoms with Crippen molar-refractivity contribution in [2.24, 2.45) is 0 Å². The van der Waals surface area contributed by atoms with Crippen LogP contribution in [0.3, 0.4) is 0 Å². The van der Waals surface area contributed by atoms with E-state index in [1.165, 1.54) is 40.3 Å². The molecule has 6 rings (SSSR count). The van der Waals surface area contributed by atoms with E-state index in [9.17, 15) is 13.6 Å². The van der Waals surface area contributed by atoms with Gasteiger partial charge in [0.05, 0.1) is 29.3 Å². The molecule has 3 N–H and O–H groups in total. The minimum absolute atomic E-state index is 0.00393. The van der Waals surface area contributed by atoms with Gasteiger partial charge < -0.3 is 20.4 Å². The number of fused-ring (bicyclic) bond motifs is 2. The fourth-order valence-electron chi connectivity index (χ4n) is 4.81. The molecule has 0 unspecified atom stereocenters. The van der Waals surface area contributed by atoms with E-state index in [1.807, 2.05) is 6.07 Å². The van der Waals surface area contributed by atoms with E-state index in [1.54, 1.807) is 6.92 Å². The molecule has 0 atom stereocenters. The van der Waals surface area contributed by atoms with E-state index < -0.39 is 17.4 Å². The second-order valence-electron chi connectivity index (χ2n) is 9.53. The molecule has 1 aliphatic rings. The Morgan fingerprint density at radius 3 is 2.66 bits per heavy atom. The van der Waals surface area contributed by atoms with Crippen LogP contribution in [0.25, 0.3) is 16.6 Å². The van der Waals surface area contributed by atoms with Crippen molar-refractivity contribution in [1.29, 1.82) is 0 Å². The van der Waals surface area contributed by atoms with E-state index in [2.05, 4.69) is 39.1 Å². The van der Waals surface area contributed by atoms with Crippen LogP contribution >= 0.6 is 0 Å². The molecule has 3 aromatic heterocycles. The van der Waals surface area contributed by atoms with Gasteiger partial charge in [-0.15, -0.1) is 0 Å². The number of nitrogens with one attached hydrogen (secondary N) is 1. The zero-order valence-electron chi connectivity index (χ0n) is 20.8. The molecule has 4 heterocycles. The number of halogens is 2. The van der Waals surface area contributed by atoms with Crippen molar-refractivity contribution in [2.45, 2.75) is 19.9 Å². The number of H-pyrrole nitrogens is 1. The maximum Gasteiger partial charge on any atom is 0.219 e. The minimum atomic E-state index is -0.836. The number of ketones is 1. The normalized spacial score (nSPS) is 13.6. The number of nitrogens with two attached hydrogens (primary N) is 1. The third kappa shape index (κ3) is 4.08. The summed E-state index contributed by atoms with van der Waals surface area (Å²) < 4.78 is 34.6. The SMILES string of the molecule is Cc1cc(Oc2c(F)cccc2F)ncc1-n1ncc(C(=O)c2cc3cc4c(cc3[nH]2)CN(C)CC4)c1N. The number of carbonyl (C=O) groups excluding carboxylic acids is 1. The van der Waals surface area contributed by atoms with Crippen molar-refractivity contribution in [3.63, 3.8) is 0 Å². The predicted octanol–water partition coefficient (Wildman–Crippen LogP) is 4.93. The first-order valence-electron chi connectivity index (χ1n) is 12.1. The van der Waals surface area contributed by atoms with Crippen molar-refractivity contribution in [3.8, 4) is 17.3 Å². The minimum Gasteiger partial charge on any atom is -0.433 e. The third-order valence-electron chi connectivity index (χ3n) is 6.85. The predicted molar refractivity (Wildman–Crippen MR) is 139 cm³/mol. The van der Waals surface area contributed by atoms with Crippen LogP contribution < -0.4 is 10.5 Å². The largest absolute Gasteiger partial charge is 0.433 e. The number of aromatic amines is 1. The number of aryl methyl sites for hydroxylation is 1. The van der Waals surface area contributed by atoms with Gasteiger partial charge in [0.2, 0.25) is 17.4 Å². The molecule has 0 spiro atoms. The second-order valence-corrected chi connectivity index (χ2v) is 9.53. The number of rotatable bonds is 5. The Bertz CT molecular complexity index is 1700. The highest BCUT2D eigenvalue weighted by Gasteiger charge is 2.22. The molecule has 0 amide bonds. The summed E-state index contributed by atoms with van der Waals surface area (Å²) in [7, 11) is 2.10. The molecule has 0 aliphatic carbocycles. The fourth-order valence-corrected chi connectivity index (χ4v) is 4.81. The zero-order valence-corrected chi connectivity index (χ0v) is 20.8. The highest BCUT2D eigenvalue weighted by molar-refractivity contribution is 6.12. The molecule has 38 heavy (non-hydrogen) atoms. The lowest BCUT2D eigenvalue weighted by molar-refractivity contribution is 0.103. The fraction of sp³-hybridized carbons (Fsp3) is 0.179. The summed E-state index contributed by atoms with van der Waals surface area (Å²) in [5, 5.41) is 5.29. The van der Waals surface area contributed by atoms with E-state index in [4.69, 9.17) is 10.5 Å². The lowest BCUT2D eigenvalue weighted by Gasteiger charge is -2.24. The Morgan fingerprint density at radius 2 is 1.89 bits per heavy atom. The number of benzene rings is 2. The average molecular weight is 515 g/mol. The van der Waals surface area contributed by atoms with E-state index >= 15 is 0 Å². The van der Waals surface area contributed by atoms with Crippen molar-refractivity contribution in [2.75, 3.05) is 19.3 Å². The van der Waals surface area contributed by atoms with Gasteiger partial charge in [-0.1, -0.05) is 6.07 Å². The number of ether oxygens (including phenoxy) is 1. The van der Waals surface area contributed by atoms with Gasteiger partial charge in [0.15, 0.2) is 11.6 Å². The van der Waals surface area contributed by atoms with Crippen LogP contribution in [0.15, 0.2) is 54.9 Å². The van der Waals surface area contributed by atoms with Gasteiger partial charge in [-0.05, 0) is 67.4 Å². The van der Waals surface area contributed by atoms with Crippen LogP contribution in [0.2, 0.25) is 0 Å². The highest BCUT2D eigenvalue weighted by Crippen LogP contribution is 2.30. The summed E-state index contributed by atoms with van der Waals surface area (Å²) in [6, 6.07) is 11.1. The number of pyridine rings is 1. The molecule has 2 aromatic carbocycles. The monoisotopic (exact) mass is 514 g/mol. The molecule has 0 fully saturated rings. The molecule has 8 nitrogen and oxygen atoms in total. The van der Waals surface area contributed by atoms with Gasteiger partial charge in [-0.25, -0.2) is 18.4 Å². The van der Waals surface area contributed by atoms with Crippen molar-refractivity contribution < 1.29 is 18.3 Å². The first kappa shape index (κ1) is 23.8. The molecule has 0 radical (unpaired) electrons. The molecule has 1 aliphatic heterocycles. The molecular formula is C28H24F2N6O2. The van der Waals surface area contributed by atoms with Gasteiger partial charge in [0.25, 0.3) is 0 Å². The summed E-state index contributed by atoms with van der Waals surface area (Å²) in [6.07, 6.45) is 3.82. The van der Waals surface area contributed by atoms with Gasteiger partial charge in [-0.3, -0.25) is 4.79 Å². The zero-order chi connectivity index (χ0) is 26.6. The van der Waals surface area contributed by atoms with E-state index in [0.29, 0.717) is 16.9 Å². The number of carbonyl (C=O) groups is 1. The Morgan fingerprint density at radius 1 is 1.11 bits per heavy atom. The topological polar surface area (TPSA) is 102 Å². The van der Waals surface area contributed by atoms with Crippen molar-refractivity contribution in [1.82, 2.24) is 24.6 Å². The molecule has 5 aromatic rings. The molecule has 0 saturated carbocycles. The number of hydrogen-bond acceptors (Lipinski definition) is 6. The molecule has 192 valence electrons. The summed E-state index contributed by atoms with van der Waals surface area (Å²) in [5.74, 6) is -2.34. The molecule has 10 heteroatoms. The Balaban J connectivity index is 1.28. The lowest BCUT2D eigenvalue weighted by atomic mass is 9.98. The van der Waals surface area contributed by atoms with Crippen molar-refractivity contribution >= 4 is 22.5 Å². The summed E-state index contributed by atoms with van der Waals surface area (Å²) in [6.45, 7) is 3.63. The van der Waals surface area contributed by atoms with Gasteiger partial charge in [0.1, 0.15) is 5.82 Å². The Hall–Kier alpha value is -4.57. The quantitative estimate of drug-likeness (QED) is 0.323. The smallest absolute Gasteiger partial charge is 0.219 e. The highest BCUT2D eigenvalue weighted by atomic mass is 19.1. The number of para-hydroxylation sites is 1. The number of anilines is 1. The number of nitrogens with zero attached hydrogens (tertiary/aromatic N) is 4. The van der Waals surface area contributed by atoms with Crippen LogP contribution in [-0.4, -0.2) is 44.0 Å². The van der Waals surface area contributed by atoms with E-state index in [-0.39, 0.29) is 23.0 Å². The summed E-state index contributed by atoms with van der Waals surface area (Å²) in [5.41, 5.74) is 11.6. The summed E-state index contributed by atoms with van der Waals surface area (Å²) >= 11 is 0. The standard InChI is InChI=1S/C28H24F2N6O2/c1-15-8-25(38-27-20(29)4-3-5-21(27)30)32-13-24(15)36-28(31)19(12-33-36)26(37)23-10-17-9-16-6-7-35(2)14-18(16)11-22(17)34-23/h3-5,8-13,34H,6-7,14,31H2,1-2H3. The number of aromatic nitrogens is 4. The Kier molecular flexibility index (Phi) is 5.68. The maximum atomic E-state index is 14.0. The van der Waals surface area contributed by atoms with E-state index in [0.717, 1.165) is 42.5 Å². The first-order chi connectivity index (χ1) is 18.3. The molecule has 0 saturated heterocycles. The van der Waals surface area contributed by atoms with Crippen LogP contribution in [0, 0.1) is 18.6 Å². The number of likely N-dealkylation sites (N-methyl/N-ethyl adjacent to an activating group) is 1. The van der Waals surface area contributed by atoms with Crippen LogP contribution in [0.4, 0.5) is 14.6 Å². The average Bonchev–Trinajstić information content (AvgIpc) is 3.47. The van der Waals surface area contributed by atoms with Gasteiger partial charge in [0, 0.05) is 30.1 Å². The second kappa shape index (κ2) is 9.07. The third-order valence-corrected chi connectivity index (χ3v) is 6.85. The Labute approximate surface area is 216 Å². The van der Waals surface area contributed by atoms with Crippen LogP contribution in [0.5, 0.6) is 11.6 Å². The number of nitrogen functional groups attached to an aromatic ring is 1. The van der Waals surface area contributed by atoms with Crippen LogP contribution in [-0.2, 0) is 13.0 Å². The van der Waals surface area contributed by atoms with Gasteiger partial charge in [-0.2, -0.15) is 5.10 Å². The first-order valence-corrected chi connectivity index (χ1v) is 12.1. The molecular weight excluding hydrogens is 490 g/mol. The van der Waals surface area contributed by atoms with Gasteiger partial charge >= 0.3 is 0 Å². The molecule has 0 bridgehead atoms. The van der Waals surface area contributed by atoms with Crippen molar-refractivity contribution in [3.05, 3.63) is 94.4 Å². The summed E-state index contributed by atoms with van der Waals surface area (Å²) in [4.78, 5) is 23.0. The lowest BCUT2D eigenvalue weighted by Crippen LogP contribution is -2.26. The maximum absolute atomic E-state index is 14.0. The number of hydrogen-bond donors (Lipinski definition) is 2. The van der Waals surface area contributed by atoms with Crippen LogP contribution in [0.1, 0.15) is 32.7 Å².